The Morgan fingerprint density at radius 3 is 2.32 bits per heavy atom. The van der Waals surface area contributed by atoms with Gasteiger partial charge >= 0.3 is 0 Å². The molecule has 0 fully saturated rings. The lowest BCUT2D eigenvalue weighted by Gasteiger charge is -2.22. The van der Waals surface area contributed by atoms with Gasteiger partial charge < -0.3 is 10.6 Å². The SMILES string of the molecule is Cc1ccc(C(Nc2nc(C(C)C)nc3c2CNC3=O)c2ccccc2)cc1. The third-order valence-electron chi connectivity index (χ3n) is 5.01. The fraction of sp³-hybridized carbons (Fsp3) is 0.261. The minimum Gasteiger partial charge on any atom is -0.359 e. The molecule has 5 nitrogen and oxygen atoms in total. The first-order valence-electron chi connectivity index (χ1n) is 9.60. The Hall–Kier alpha value is -3.21. The molecule has 4 rings (SSSR count). The molecule has 28 heavy (non-hydrogen) atoms. The summed E-state index contributed by atoms with van der Waals surface area (Å²) in [4.78, 5) is 21.5. The van der Waals surface area contributed by atoms with E-state index in [-0.39, 0.29) is 17.9 Å². The summed E-state index contributed by atoms with van der Waals surface area (Å²) in [5, 5.41) is 6.47. The molecule has 0 aliphatic carbocycles. The third kappa shape index (κ3) is 3.48. The molecular weight excluding hydrogens is 348 g/mol. The lowest BCUT2D eigenvalue weighted by atomic mass is 9.97. The number of amides is 1. The van der Waals surface area contributed by atoms with Crippen LogP contribution in [0.15, 0.2) is 54.6 Å². The second kappa shape index (κ2) is 7.43. The van der Waals surface area contributed by atoms with Crippen LogP contribution in [0.4, 0.5) is 5.82 Å². The number of carbonyl (C=O) groups is 1. The van der Waals surface area contributed by atoms with Crippen LogP contribution in [0.3, 0.4) is 0 Å². The van der Waals surface area contributed by atoms with Gasteiger partial charge in [0.25, 0.3) is 5.91 Å². The zero-order valence-electron chi connectivity index (χ0n) is 16.4. The van der Waals surface area contributed by atoms with Crippen molar-refractivity contribution in [2.75, 3.05) is 5.32 Å². The summed E-state index contributed by atoms with van der Waals surface area (Å²) < 4.78 is 0. The highest BCUT2D eigenvalue weighted by Crippen LogP contribution is 2.31. The van der Waals surface area contributed by atoms with Gasteiger partial charge in [0.15, 0.2) is 0 Å². The highest BCUT2D eigenvalue weighted by molar-refractivity contribution is 5.97. The Balaban J connectivity index is 1.80. The molecule has 1 aliphatic rings. The van der Waals surface area contributed by atoms with Gasteiger partial charge in [-0.2, -0.15) is 0 Å². The van der Waals surface area contributed by atoms with Crippen molar-refractivity contribution in [1.29, 1.82) is 0 Å². The van der Waals surface area contributed by atoms with Gasteiger partial charge in [0.1, 0.15) is 17.3 Å². The van der Waals surface area contributed by atoms with E-state index in [1.807, 2.05) is 32.0 Å². The molecule has 0 spiro atoms. The van der Waals surface area contributed by atoms with E-state index in [0.717, 1.165) is 22.5 Å². The summed E-state index contributed by atoms with van der Waals surface area (Å²) >= 11 is 0. The zero-order valence-corrected chi connectivity index (χ0v) is 16.4. The third-order valence-corrected chi connectivity index (χ3v) is 5.01. The topological polar surface area (TPSA) is 66.9 Å². The van der Waals surface area contributed by atoms with Crippen LogP contribution in [0.1, 0.15) is 64.4 Å². The summed E-state index contributed by atoms with van der Waals surface area (Å²) in [5.74, 6) is 1.40. The van der Waals surface area contributed by atoms with E-state index in [4.69, 9.17) is 4.98 Å². The highest BCUT2D eigenvalue weighted by atomic mass is 16.2. The number of nitrogens with one attached hydrogen (secondary N) is 2. The first-order valence-corrected chi connectivity index (χ1v) is 9.60. The van der Waals surface area contributed by atoms with Gasteiger partial charge in [-0.25, -0.2) is 9.97 Å². The maximum atomic E-state index is 12.2. The summed E-state index contributed by atoms with van der Waals surface area (Å²) in [6.07, 6.45) is 0. The Labute approximate surface area is 165 Å². The lowest BCUT2D eigenvalue weighted by molar-refractivity contribution is 0.0961. The maximum Gasteiger partial charge on any atom is 0.270 e. The fourth-order valence-electron chi connectivity index (χ4n) is 3.39. The van der Waals surface area contributed by atoms with Crippen molar-refractivity contribution in [3.8, 4) is 0 Å². The molecule has 5 heteroatoms. The van der Waals surface area contributed by atoms with Gasteiger partial charge in [-0.1, -0.05) is 74.0 Å². The average Bonchev–Trinajstić information content (AvgIpc) is 3.08. The average molecular weight is 372 g/mol. The van der Waals surface area contributed by atoms with Crippen molar-refractivity contribution in [1.82, 2.24) is 15.3 Å². The van der Waals surface area contributed by atoms with Crippen molar-refractivity contribution >= 4 is 11.7 Å². The number of aryl methyl sites for hydroxylation is 1. The van der Waals surface area contributed by atoms with Crippen LogP contribution in [-0.2, 0) is 6.54 Å². The van der Waals surface area contributed by atoms with Crippen LogP contribution in [0, 0.1) is 6.92 Å². The minimum atomic E-state index is -0.131. The second-order valence-electron chi connectivity index (χ2n) is 7.49. The summed E-state index contributed by atoms with van der Waals surface area (Å²) in [5.41, 5.74) is 4.82. The first-order chi connectivity index (χ1) is 13.5. The molecule has 1 atom stereocenters. The van der Waals surface area contributed by atoms with E-state index in [2.05, 4.69) is 58.9 Å². The Bertz CT molecular complexity index is 997. The number of carbonyl (C=O) groups excluding carboxylic acids is 1. The van der Waals surface area contributed by atoms with Crippen molar-refractivity contribution in [3.05, 3.63) is 88.4 Å². The van der Waals surface area contributed by atoms with E-state index in [1.165, 1.54) is 5.56 Å². The fourth-order valence-corrected chi connectivity index (χ4v) is 3.39. The van der Waals surface area contributed by atoms with E-state index < -0.39 is 0 Å². The number of aromatic nitrogens is 2. The molecule has 1 unspecified atom stereocenters. The van der Waals surface area contributed by atoms with Gasteiger partial charge in [0.05, 0.1) is 6.04 Å². The predicted molar refractivity (Wildman–Crippen MR) is 110 cm³/mol. The van der Waals surface area contributed by atoms with Gasteiger partial charge in [-0.15, -0.1) is 0 Å². The number of fused-ring (bicyclic) bond motifs is 1. The first kappa shape index (κ1) is 18.2. The molecule has 0 radical (unpaired) electrons. The standard InChI is InChI=1S/C23H24N4O/c1-14(2)21-26-20-18(13-24-23(20)28)22(27-21)25-19(16-7-5-4-6-8-16)17-11-9-15(3)10-12-17/h4-12,14,19H,13H2,1-3H3,(H,24,28)(H,25,26,27). The molecule has 1 aromatic heterocycles. The molecule has 0 saturated heterocycles. The van der Waals surface area contributed by atoms with E-state index in [0.29, 0.717) is 18.1 Å². The molecule has 0 bridgehead atoms. The number of benzene rings is 2. The minimum absolute atomic E-state index is 0.0727. The monoisotopic (exact) mass is 372 g/mol. The number of hydrogen-bond acceptors (Lipinski definition) is 4. The zero-order chi connectivity index (χ0) is 19.7. The Kier molecular flexibility index (Phi) is 4.82. The maximum absolute atomic E-state index is 12.2. The molecular formula is C23H24N4O. The van der Waals surface area contributed by atoms with Gasteiger partial charge in [-0.05, 0) is 18.1 Å². The van der Waals surface area contributed by atoms with Crippen molar-refractivity contribution in [2.45, 2.75) is 39.3 Å². The second-order valence-corrected chi connectivity index (χ2v) is 7.49. The quantitative estimate of drug-likeness (QED) is 0.699. The van der Waals surface area contributed by atoms with Crippen molar-refractivity contribution in [2.24, 2.45) is 0 Å². The normalized spacial score (nSPS) is 13.9. The van der Waals surface area contributed by atoms with Gasteiger partial charge in [-0.3, -0.25) is 4.79 Å². The smallest absolute Gasteiger partial charge is 0.270 e. The molecule has 3 aromatic rings. The van der Waals surface area contributed by atoms with E-state index >= 15 is 0 Å². The predicted octanol–water partition coefficient (Wildman–Crippen LogP) is 4.35. The van der Waals surface area contributed by atoms with Gasteiger partial charge in [0, 0.05) is 18.0 Å². The molecule has 1 aliphatic heterocycles. The molecule has 2 heterocycles. The van der Waals surface area contributed by atoms with E-state index in [1.54, 1.807) is 0 Å². The number of rotatable bonds is 5. The number of hydrogen-bond donors (Lipinski definition) is 2. The Morgan fingerprint density at radius 2 is 1.64 bits per heavy atom. The Morgan fingerprint density at radius 1 is 0.964 bits per heavy atom. The van der Waals surface area contributed by atoms with Crippen LogP contribution in [-0.4, -0.2) is 15.9 Å². The molecule has 2 aromatic carbocycles. The van der Waals surface area contributed by atoms with E-state index in [9.17, 15) is 4.79 Å². The molecule has 2 N–H and O–H groups in total. The summed E-state index contributed by atoms with van der Waals surface area (Å²) in [6.45, 7) is 6.60. The van der Waals surface area contributed by atoms with Crippen molar-refractivity contribution < 1.29 is 4.79 Å². The lowest BCUT2D eigenvalue weighted by Crippen LogP contribution is -2.17. The van der Waals surface area contributed by atoms with Crippen LogP contribution >= 0.6 is 0 Å². The van der Waals surface area contributed by atoms with Crippen molar-refractivity contribution in [3.63, 3.8) is 0 Å². The molecule has 0 saturated carbocycles. The highest BCUT2D eigenvalue weighted by Gasteiger charge is 2.28. The van der Waals surface area contributed by atoms with Crippen LogP contribution in [0.25, 0.3) is 0 Å². The molecule has 142 valence electrons. The summed E-state index contributed by atoms with van der Waals surface area (Å²) in [7, 11) is 0. The number of anilines is 1. The van der Waals surface area contributed by atoms with Crippen LogP contribution in [0.5, 0.6) is 0 Å². The molecule has 1 amide bonds. The van der Waals surface area contributed by atoms with Crippen LogP contribution < -0.4 is 10.6 Å². The number of nitrogens with zero attached hydrogens (tertiary/aromatic N) is 2. The summed E-state index contributed by atoms with van der Waals surface area (Å²) in [6, 6.07) is 18.7. The largest absolute Gasteiger partial charge is 0.359 e. The van der Waals surface area contributed by atoms with Gasteiger partial charge in [0.2, 0.25) is 0 Å². The van der Waals surface area contributed by atoms with Crippen LogP contribution in [0.2, 0.25) is 0 Å².